The van der Waals surface area contributed by atoms with E-state index in [4.69, 9.17) is 5.21 Å². The summed E-state index contributed by atoms with van der Waals surface area (Å²) < 4.78 is 0. The summed E-state index contributed by atoms with van der Waals surface area (Å²) in [5.74, 6) is 0.388. The molecule has 3 heteroatoms. The average Bonchev–Trinajstić information content (AvgIpc) is 2.28. The van der Waals surface area contributed by atoms with Gasteiger partial charge in [0.25, 0.3) is 0 Å². The van der Waals surface area contributed by atoms with Crippen LogP contribution in [0.1, 0.15) is 6.92 Å². The molecule has 0 spiro atoms. The van der Waals surface area contributed by atoms with Gasteiger partial charge in [0.05, 0.1) is 6.21 Å². The van der Waals surface area contributed by atoms with Crippen molar-refractivity contribution in [3.8, 4) is 0 Å². The third-order valence-corrected chi connectivity index (χ3v) is 2.34. The summed E-state index contributed by atoms with van der Waals surface area (Å²) in [5, 5.41) is 11.4. The summed E-state index contributed by atoms with van der Waals surface area (Å²) in [6.45, 7) is 2.11. The molecule has 0 aromatic carbocycles. The quantitative estimate of drug-likeness (QED) is 0.312. The topological polar surface area (TPSA) is 32.6 Å². The largest absolute Gasteiger partial charge is 0.411 e. The van der Waals surface area contributed by atoms with Gasteiger partial charge in [-0.2, -0.15) is 0 Å². The Morgan fingerprint density at radius 1 is 1.54 bits per heavy atom. The number of nitrogens with zero attached hydrogens (tertiary/aromatic N) is 1. The standard InChI is InChI=1S/C10H14NOP/c1-8-4-9(6-11-12)2-3-10(5-8)7-13/h2-6,8,12H,7,13H2,1H3/b11-6+. The lowest BCUT2D eigenvalue weighted by atomic mass is 10.1. The molecule has 0 saturated heterocycles. The van der Waals surface area contributed by atoms with E-state index in [1.54, 1.807) is 0 Å². The molecular formula is C10H14NOP. The second-order valence-corrected chi connectivity index (χ2v) is 3.46. The monoisotopic (exact) mass is 195 g/mol. The summed E-state index contributed by atoms with van der Waals surface area (Å²) in [6.07, 6.45) is 10.7. The van der Waals surface area contributed by atoms with Gasteiger partial charge in [0, 0.05) is 0 Å². The van der Waals surface area contributed by atoms with Crippen molar-refractivity contribution in [3.05, 3.63) is 35.5 Å². The van der Waals surface area contributed by atoms with Crippen molar-refractivity contribution in [3.63, 3.8) is 0 Å². The van der Waals surface area contributed by atoms with Gasteiger partial charge in [-0.25, -0.2) is 0 Å². The van der Waals surface area contributed by atoms with Crippen LogP contribution >= 0.6 is 9.24 Å². The molecule has 1 aliphatic carbocycles. The van der Waals surface area contributed by atoms with E-state index in [1.165, 1.54) is 11.8 Å². The first-order valence-electron chi connectivity index (χ1n) is 4.24. The van der Waals surface area contributed by atoms with E-state index in [2.05, 4.69) is 33.5 Å². The van der Waals surface area contributed by atoms with Crippen LogP contribution in [0.25, 0.3) is 0 Å². The molecule has 13 heavy (non-hydrogen) atoms. The minimum Gasteiger partial charge on any atom is -0.411 e. The SMILES string of the molecule is CC1C=C(/C=N/O)C=CC(CP)=C1. The molecular weight excluding hydrogens is 181 g/mol. The van der Waals surface area contributed by atoms with Gasteiger partial charge in [0.15, 0.2) is 0 Å². The summed E-state index contributed by atoms with van der Waals surface area (Å²) in [7, 11) is 2.70. The van der Waals surface area contributed by atoms with Crippen molar-refractivity contribution < 1.29 is 5.21 Å². The van der Waals surface area contributed by atoms with Gasteiger partial charge in [-0.05, 0) is 23.2 Å². The Bertz CT molecular complexity index is 289. The molecule has 1 N–H and O–H groups in total. The molecule has 0 amide bonds. The first-order valence-corrected chi connectivity index (χ1v) is 5.06. The van der Waals surface area contributed by atoms with Gasteiger partial charge >= 0.3 is 0 Å². The van der Waals surface area contributed by atoms with Gasteiger partial charge in [-0.1, -0.05) is 36.4 Å². The normalized spacial score (nSPS) is 22.8. The Labute approximate surface area is 80.9 Å². The van der Waals surface area contributed by atoms with Crippen molar-refractivity contribution in [1.29, 1.82) is 0 Å². The van der Waals surface area contributed by atoms with Gasteiger partial charge in [-0.15, -0.1) is 9.24 Å². The van der Waals surface area contributed by atoms with Crippen LogP contribution in [-0.4, -0.2) is 17.6 Å². The van der Waals surface area contributed by atoms with E-state index in [0.29, 0.717) is 5.92 Å². The average molecular weight is 195 g/mol. The lowest BCUT2D eigenvalue weighted by Crippen LogP contribution is -1.87. The Hall–Kier alpha value is -0.880. The van der Waals surface area contributed by atoms with Gasteiger partial charge in [0.1, 0.15) is 0 Å². The Morgan fingerprint density at radius 2 is 2.31 bits per heavy atom. The molecule has 2 unspecified atom stereocenters. The van der Waals surface area contributed by atoms with Gasteiger partial charge in [0.2, 0.25) is 0 Å². The first kappa shape index (κ1) is 10.2. The Balaban J connectivity index is 2.85. The molecule has 0 aromatic rings. The van der Waals surface area contributed by atoms with Crippen LogP contribution in [0, 0.1) is 5.92 Å². The van der Waals surface area contributed by atoms with Crippen LogP contribution in [0.2, 0.25) is 0 Å². The van der Waals surface area contributed by atoms with E-state index in [1.807, 2.05) is 12.2 Å². The smallest absolute Gasteiger partial charge is 0.0730 e. The number of hydrogen-bond acceptors (Lipinski definition) is 2. The highest BCUT2D eigenvalue weighted by Gasteiger charge is 2.01. The van der Waals surface area contributed by atoms with Crippen LogP contribution in [-0.2, 0) is 0 Å². The predicted octanol–water partition coefficient (Wildman–Crippen LogP) is 2.38. The highest BCUT2D eigenvalue weighted by molar-refractivity contribution is 7.16. The second-order valence-electron chi connectivity index (χ2n) is 3.05. The molecule has 0 aromatic heterocycles. The Kier molecular flexibility index (Phi) is 3.91. The summed E-state index contributed by atoms with van der Waals surface area (Å²) in [5.41, 5.74) is 2.23. The fourth-order valence-electron chi connectivity index (χ4n) is 1.29. The van der Waals surface area contributed by atoms with Crippen molar-refractivity contribution in [2.24, 2.45) is 11.1 Å². The molecule has 2 atom stereocenters. The zero-order chi connectivity index (χ0) is 9.68. The maximum atomic E-state index is 8.39. The molecule has 0 bridgehead atoms. The zero-order valence-corrected chi connectivity index (χ0v) is 8.80. The summed E-state index contributed by atoms with van der Waals surface area (Å²) >= 11 is 0. The molecule has 0 heterocycles. The predicted molar refractivity (Wildman–Crippen MR) is 59.3 cm³/mol. The highest BCUT2D eigenvalue weighted by atomic mass is 31.0. The van der Waals surface area contributed by atoms with E-state index in [0.717, 1.165) is 11.7 Å². The number of oxime groups is 1. The summed E-state index contributed by atoms with van der Waals surface area (Å²) in [4.78, 5) is 0. The van der Waals surface area contributed by atoms with E-state index in [-0.39, 0.29) is 0 Å². The Morgan fingerprint density at radius 3 is 2.92 bits per heavy atom. The number of rotatable bonds is 2. The third kappa shape index (κ3) is 3.16. The minimum absolute atomic E-state index is 0.388. The molecule has 1 aliphatic rings. The van der Waals surface area contributed by atoms with E-state index < -0.39 is 0 Å². The van der Waals surface area contributed by atoms with Crippen molar-refractivity contribution in [1.82, 2.24) is 0 Å². The van der Waals surface area contributed by atoms with Crippen molar-refractivity contribution in [2.75, 3.05) is 6.16 Å². The molecule has 0 saturated carbocycles. The fraction of sp³-hybridized carbons (Fsp3) is 0.300. The van der Waals surface area contributed by atoms with E-state index >= 15 is 0 Å². The summed E-state index contributed by atoms with van der Waals surface area (Å²) in [6, 6.07) is 0. The molecule has 70 valence electrons. The molecule has 1 rings (SSSR count). The van der Waals surface area contributed by atoms with Crippen LogP contribution in [0.15, 0.2) is 40.6 Å². The van der Waals surface area contributed by atoms with E-state index in [9.17, 15) is 0 Å². The maximum Gasteiger partial charge on any atom is 0.0730 e. The minimum atomic E-state index is 0.388. The second kappa shape index (κ2) is 4.98. The molecule has 2 nitrogen and oxygen atoms in total. The van der Waals surface area contributed by atoms with Gasteiger partial charge in [-0.3, -0.25) is 0 Å². The zero-order valence-electron chi connectivity index (χ0n) is 7.64. The maximum absolute atomic E-state index is 8.39. The van der Waals surface area contributed by atoms with Crippen molar-refractivity contribution in [2.45, 2.75) is 6.92 Å². The lowest BCUT2D eigenvalue weighted by Gasteiger charge is -1.99. The first-order chi connectivity index (χ1) is 6.26. The fourth-order valence-corrected chi connectivity index (χ4v) is 1.56. The number of allylic oxidation sites excluding steroid dienone is 6. The molecule has 0 radical (unpaired) electrons. The molecule has 0 aliphatic heterocycles. The van der Waals surface area contributed by atoms with Crippen LogP contribution in [0.5, 0.6) is 0 Å². The third-order valence-electron chi connectivity index (χ3n) is 1.86. The van der Waals surface area contributed by atoms with Gasteiger partial charge < -0.3 is 5.21 Å². The van der Waals surface area contributed by atoms with Crippen LogP contribution < -0.4 is 0 Å². The van der Waals surface area contributed by atoms with Crippen LogP contribution in [0.3, 0.4) is 0 Å². The number of hydrogen-bond donors (Lipinski definition) is 1. The lowest BCUT2D eigenvalue weighted by molar-refractivity contribution is 0.322. The van der Waals surface area contributed by atoms with Crippen LogP contribution in [0.4, 0.5) is 0 Å². The van der Waals surface area contributed by atoms with Crippen molar-refractivity contribution >= 4 is 15.5 Å². The highest BCUT2D eigenvalue weighted by Crippen LogP contribution is 2.15. The molecule has 0 fully saturated rings.